The average molecular weight is 614 g/mol. The van der Waals surface area contributed by atoms with Crippen LogP contribution in [0, 0.1) is 0 Å². The van der Waals surface area contributed by atoms with E-state index in [9.17, 15) is 0 Å². The van der Waals surface area contributed by atoms with E-state index in [0.717, 1.165) is 11.4 Å². The lowest BCUT2D eigenvalue weighted by molar-refractivity contribution is 0.660. The average Bonchev–Trinajstić information content (AvgIpc) is 3.38. The van der Waals surface area contributed by atoms with Crippen molar-refractivity contribution in [1.29, 1.82) is 0 Å². The Hall–Kier alpha value is -5.92. The molecule has 8 aromatic rings. The van der Waals surface area contributed by atoms with Gasteiger partial charge in [0.05, 0.1) is 5.69 Å². The van der Waals surface area contributed by atoms with Gasteiger partial charge >= 0.3 is 0 Å². The molecular formula is C47H35N. The topological polar surface area (TPSA) is 3.24 Å². The number of anilines is 3. The molecule has 9 rings (SSSR count). The predicted molar refractivity (Wildman–Crippen MR) is 205 cm³/mol. The van der Waals surface area contributed by atoms with Crippen molar-refractivity contribution in [1.82, 2.24) is 0 Å². The van der Waals surface area contributed by atoms with Gasteiger partial charge in [0.2, 0.25) is 0 Å². The highest BCUT2D eigenvalue weighted by molar-refractivity contribution is 5.98. The standard InChI is InChI=1S/C47H35N/c1-47(2)43-18-8-7-16-42(43)46-44(47)19-10-20-45(46)48(38-27-23-33(24-28-38)37-22-21-32-11-3-4-13-36(32)31-37)39-29-25-35(26-30-39)41-17-9-14-34-12-5-6-15-40(34)41/h3-31H,1-2H3. The van der Waals surface area contributed by atoms with Crippen LogP contribution >= 0.6 is 0 Å². The van der Waals surface area contributed by atoms with Crippen LogP contribution in [0.4, 0.5) is 17.1 Å². The molecule has 1 aliphatic rings. The van der Waals surface area contributed by atoms with Crippen LogP contribution in [0.3, 0.4) is 0 Å². The van der Waals surface area contributed by atoms with Crippen molar-refractivity contribution in [2.45, 2.75) is 19.3 Å². The molecule has 0 radical (unpaired) electrons. The largest absolute Gasteiger partial charge is 0.310 e. The van der Waals surface area contributed by atoms with Gasteiger partial charge in [-0.25, -0.2) is 0 Å². The van der Waals surface area contributed by atoms with Gasteiger partial charge in [-0.3, -0.25) is 0 Å². The molecule has 0 heterocycles. The summed E-state index contributed by atoms with van der Waals surface area (Å²) >= 11 is 0. The summed E-state index contributed by atoms with van der Waals surface area (Å²) in [7, 11) is 0. The van der Waals surface area contributed by atoms with Crippen LogP contribution in [0.15, 0.2) is 176 Å². The molecule has 0 bridgehead atoms. The van der Waals surface area contributed by atoms with Crippen molar-refractivity contribution in [2.24, 2.45) is 0 Å². The summed E-state index contributed by atoms with van der Waals surface area (Å²) < 4.78 is 0. The molecule has 0 fully saturated rings. The first kappa shape index (κ1) is 28.3. The normalized spacial score (nSPS) is 13.0. The van der Waals surface area contributed by atoms with Gasteiger partial charge in [-0.1, -0.05) is 153 Å². The van der Waals surface area contributed by atoms with E-state index in [2.05, 4.69) is 195 Å². The third kappa shape index (κ3) is 4.54. The van der Waals surface area contributed by atoms with Crippen molar-refractivity contribution in [3.05, 3.63) is 187 Å². The van der Waals surface area contributed by atoms with Gasteiger partial charge in [0.25, 0.3) is 0 Å². The molecule has 0 saturated heterocycles. The minimum Gasteiger partial charge on any atom is -0.310 e. The van der Waals surface area contributed by atoms with Gasteiger partial charge in [0.15, 0.2) is 0 Å². The molecule has 0 aliphatic heterocycles. The lowest BCUT2D eigenvalue weighted by atomic mass is 9.82. The van der Waals surface area contributed by atoms with Crippen molar-refractivity contribution < 1.29 is 0 Å². The molecule has 0 unspecified atom stereocenters. The quantitative estimate of drug-likeness (QED) is 0.187. The minimum atomic E-state index is -0.0776. The van der Waals surface area contributed by atoms with Gasteiger partial charge in [-0.05, 0) is 96.9 Å². The maximum atomic E-state index is 2.44. The Bertz CT molecular complexity index is 2460. The lowest BCUT2D eigenvalue weighted by Gasteiger charge is -2.29. The maximum absolute atomic E-state index is 2.44. The zero-order valence-electron chi connectivity index (χ0n) is 27.2. The number of rotatable bonds is 5. The molecule has 1 heteroatoms. The summed E-state index contributed by atoms with van der Waals surface area (Å²) in [5.74, 6) is 0. The van der Waals surface area contributed by atoms with E-state index >= 15 is 0 Å². The van der Waals surface area contributed by atoms with Crippen molar-refractivity contribution in [3.63, 3.8) is 0 Å². The first-order valence-corrected chi connectivity index (χ1v) is 16.8. The summed E-state index contributed by atoms with van der Waals surface area (Å²) in [4.78, 5) is 2.44. The van der Waals surface area contributed by atoms with E-state index < -0.39 is 0 Å². The molecule has 8 aromatic carbocycles. The fourth-order valence-electron chi connectivity index (χ4n) is 7.79. The fourth-order valence-corrected chi connectivity index (χ4v) is 7.79. The molecule has 228 valence electrons. The summed E-state index contributed by atoms with van der Waals surface area (Å²) in [6.45, 7) is 4.70. The molecule has 1 aliphatic carbocycles. The van der Waals surface area contributed by atoms with Crippen molar-refractivity contribution >= 4 is 38.6 Å². The third-order valence-electron chi connectivity index (χ3n) is 10.3. The van der Waals surface area contributed by atoms with E-state index in [1.807, 2.05) is 0 Å². The van der Waals surface area contributed by atoms with Gasteiger partial charge in [-0.15, -0.1) is 0 Å². The second-order valence-corrected chi connectivity index (χ2v) is 13.4. The number of hydrogen-bond acceptors (Lipinski definition) is 1. The Labute approximate surface area is 282 Å². The van der Waals surface area contributed by atoms with E-state index in [1.165, 1.54) is 71.7 Å². The molecule has 0 spiro atoms. The molecular weight excluding hydrogens is 579 g/mol. The Morgan fingerprint density at radius 1 is 0.396 bits per heavy atom. The SMILES string of the molecule is CC1(C)c2ccccc2-c2c(N(c3ccc(-c4ccc5ccccc5c4)cc3)c3ccc(-c4cccc5ccccc45)cc3)cccc21. The van der Waals surface area contributed by atoms with E-state index in [-0.39, 0.29) is 5.41 Å². The second kappa shape index (κ2) is 11.1. The third-order valence-corrected chi connectivity index (χ3v) is 10.3. The van der Waals surface area contributed by atoms with Crippen LogP contribution in [-0.4, -0.2) is 0 Å². The molecule has 0 saturated carbocycles. The second-order valence-electron chi connectivity index (χ2n) is 13.4. The lowest BCUT2D eigenvalue weighted by Crippen LogP contribution is -2.16. The molecule has 0 aromatic heterocycles. The Kier molecular flexibility index (Phi) is 6.55. The zero-order valence-corrected chi connectivity index (χ0v) is 27.2. The van der Waals surface area contributed by atoms with Crippen molar-refractivity contribution in [3.8, 4) is 33.4 Å². The van der Waals surface area contributed by atoms with E-state index in [1.54, 1.807) is 0 Å². The Balaban J connectivity index is 1.19. The first-order chi connectivity index (χ1) is 23.6. The van der Waals surface area contributed by atoms with Gasteiger partial charge in [-0.2, -0.15) is 0 Å². The molecule has 1 nitrogen and oxygen atoms in total. The summed E-state index contributed by atoms with van der Waals surface area (Å²) in [6.07, 6.45) is 0. The highest BCUT2D eigenvalue weighted by Crippen LogP contribution is 2.54. The molecule has 0 N–H and O–H groups in total. The van der Waals surface area contributed by atoms with Crippen LogP contribution in [0.1, 0.15) is 25.0 Å². The zero-order chi connectivity index (χ0) is 32.2. The van der Waals surface area contributed by atoms with Crippen LogP contribution in [0.2, 0.25) is 0 Å². The van der Waals surface area contributed by atoms with E-state index in [4.69, 9.17) is 0 Å². The van der Waals surface area contributed by atoms with Crippen LogP contribution in [0.25, 0.3) is 54.9 Å². The molecule has 48 heavy (non-hydrogen) atoms. The van der Waals surface area contributed by atoms with E-state index in [0.29, 0.717) is 0 Å². The van der Waals surface area contributed by atoms with Gasteiger partial charge in [0, 0.05) is 22.4 Å². The smallest absolute Gasteiger partial charge is 0.0543 e. The van der Waals surface area contributed by atoms with Gasteiger partial charge < -0.3 is 4.90 Å². The number of fused-ring (bicyclic) bond motifs is 5. The van der Waals surface area contributed by atoms with Crippen LogP contribution < -0.4 is 4.90 Å². The van der Waals surface area contributed by atoms with Gasteiger partial charge in [0.1, 0.15) is 0 Å². The summed E-state index contributed by atoms with van der Waals surface area (Å²) in [5.41, 5.74) is 13.7. The predicted octanol–water partition coefficient (Wildman–Crippen LogP) is 13.1. The molecule has 0 amide bonds. The monoisotopic (exact) mass is 613 g/mol. The first-order valence-electron chi connectivity index (χ1n) is 16.8. The minimum absolute atomic E-state index is 0.0776. The van der Waals surface area contributed by atoms with Crippen molar-refractivity contribution in [2.75, 3.05) is 4.90 Å². The summed E-state index contributed by atoms with van der Waals surface area (Å²) in [6, 6.07) is 64.4. The van der Waals surface area contributed by atoms with Crippen LogP contribution in [-0.2, 0) is 5.41 Å². The number of hydrogen-bond donors (Lipinski definition) is 0. The number of benzene rings is 8. The highest BCUT2D eigenvalue weighted by Gasteiger charge is 2.37. The van der Waals surface area contributed by atoms with Crippen LogP contribution in [0.5, 0.6) is 0 Å². The maximum Gasteiger partial charge on any atom is 0.0543 e. The molecule has 0 atom stereocenters. The number of nitrogens with zero attached hydrogens (tertiary/aromatic N) is 1. The Morgan fingerprint density at radius 2 is 0.958 bits per heavy atom. The Morgan fingerprint density at radius 3 is 1.75 bits per heavy atom. The summed E-state index contributed by atoms with van der Waals surface area (Å²) in [5, 5.41) is 5.05. The fraction of sp³-hybridized carbons (Fsp3) is 0.0638. The highest BCUT2D eigenvalue weighted by atomic mass is 15.1.